The van der Waals surface area contributed by atoms with Gasteiger partial charge in [0.1, 0.15) is 0 Å². The number of amides is 1. The Labute approximate surface area is 120 Å². The summed E-state index contributed by atoms with van der Waals surface area (Å²) in [5.41, 5.74) is 0.715. The highest BCUT2D eigenvalue weighted by atomic mass is 79.9. The highest BCUT2D eigenvalue weighted by molar-refractivity contribution is 9.10. The van der Waals surface area contributed by atoms with Crippen molar-refractivity contribution in [3.63, 3.8) is 0 Å². The normalized spacial score (nSPS) is 23.7. The quantitative estimate of drug-likeness (QED) is 0.872. The van der Waals surface area contributed by atoms with Crippen molar-refractivity contribution in [2.75, 3.05) is 11.9 Å². The predicted molar refractivity (Wildman–Crippen MR) is 78.0 cm³/mol. The number of piperidine rings is 1. The van der Waals surface area contributed by atoms with Crippen LogP contribution in [0.15, 0.2) is 22.7 Å². The van der Waals surface area contributed by atoms with E-state index in [2.05, 4.69) is 33.5 Å². The second kappa shape index (κ2) is 6.04. The van der Waals surface area contributed by atoms with E-state index in [1.807, 2.05) is 6.07 Å². The number of carbonyl (C=O) groups excluding carboxylic acids is 1. The van der Waals surface area contributed by atoms with E-state index < -0.39 is 0 Å². The fourth-order valence-corrected chi connectivity index (χ4v) is 2.64. The minimum atomic E-state index is -0.111. The van der Waals surface area contributed by atoms with Crippen LogP contribution >= 0.6 is 27.5 Å². The lowest BCUT2D eigenvalue weighted by molar-refractivity contribution is -0.119. The number of halogens is 2. The molecule has 0 aliphatic carbocycles. The number of hydrogen-bond donors (Lipinski definition) is 2. The first kappa shape index (κ1) is 13.8. The van der Waals surface area contributed by atoms with Crippen LogP contribution in [-0.2, 0) is 4.79 Å². The van der Waals surface area contributed by atoms with Crippen LogP contribution in [-0.4, -0.2) is 18.5 Å². The Morgan fingerprint density at radius 1 is 1.56 bits per heavy atom. The van der Waals surface area contributed by atoms with Gasteiger partial charge >= 0.3 is 0 Å². The minimum Gasteiger partial charge on any atom is -0.324 e. The molecule has 2 unspecified atom stereocenters. The molecule has 1 heterocycles. The molecular formula is C13H16BrClN2O. The van der Waals surface area contributed by atoms with Crippen molar-refractivity contribution < 1.29 is 4.79 Å². The molecule has 18 heavy (non-hydrogen) atoms. The molecule has 1 aliphatic heterocycles. The van der Waals surface area contributed by atoms with Gasteiger partial charge in [-0.05, 0) is 59.4 Å². The van der Waals surface area contributed by atoms with E-state index in [9.17, 15) is 4.79 Å². The van der Waals surface area contributed by atoms with E-state index >= 15 is 0 Å². The number of rotatable bonds is 2. The smallest absolute Gasteiger partial charge is 0.241 e. The molecule has 0 aromatic heterocycles. The Balaban J connectivity index is 2.04. The third-order valence-corrected chi connectivity index (χ3v) is 4.10. The van der Waals surface area contributed by atoms with Crippen LogP contribution in [0.1, 0.15) is 19.8 Å². The van der Waals surface area contributed by atoms with E-state index in [1.165, 1.54) is 0 Å². The average molecular weight is 332 g/mol. The Bertz CT molecular complexity index is 453. The molecule has 2 N–H and O–H groups in total. The van der Waals surface area contributed by atoms with Gasteiger partial charge in [0.15, 0.2) is 0 Å². The number of hydrogen-bond acceptors (Lipinski definition) is 2. The third kappa shape index (κ3) is 3.46. The zero-order chi connectivity index (χ0) is 13.1. The maximum absolute atomic E-state index is 12.1. The number of nitrogens with one attached hydrogen (secondary N) is 2. The summed E-state index contributed by atoms with van der Waals surface area (Å²) in [6.07, 6.45) is 2.01. The highest BCUT2D eigenvalue weighted by Crippen LogP contribution is 2.26. The van der Waals surface area contributed by atoms with E-state index in [0.29, 0.717) is 16.6 Å². The average Bonchev–Trinajstić information content (AvgIpc) is 2.34. The van der Waals surface area contributed by atoms with Crippen molar-refractivity contribution in [3.05, 3.63) is 27.7 Å². The molecule has 1 aromatic carbocycles. The van der Waals surface area contributed by atoms with Crippen LogP contribution < -0.4 is 10.6 Å². The van der Waals surface area contributed by atoms with Gasteiger partial charge in [-0.15, -0.1) is 0 Å². The molecule has 1 saturated heterocycles. The van der Waals surface area contributed by atoms with Crippen LogP contribution in [0.2, 0.25) is 5.02 Å². The molecule has 3 nitrogen and oxygen atoms in total. The van der Waals surface area contributed by atoms with Gasteiger partial charge in [-0.3, -0.25) is 4.79 Å². The van der Waals surface area contributed by atoms with Gasteiger partial charge in [0.2, 0.25) is 5.91 Å². The van der Waals surface area contributed by atoms with Crippen molar-refractivity contribution in [1.29, 1.82) is 0 Å². The highest BCUT2D eigenvalue weighted by Gasteiger charge is 2.24. The predicted octanol–water partition coefficient (Wildman–Crippen LogP) is 3.43. The molecule has 0 bridgehead atoms. The number of anilines is 1. The Kier molecular flexibility index (Phi) is 4.65. The molecule has 1 aromatic rings. The van der Waals surface area contributed by atoms with E-state index in [0.717, 1.165) is 23.9 Å². The van der Waals surface area contributed by atoms with Gasteiger partial charge in [-0.2, -0.15) is 0 Å². The summed E-state index contributed by atoms with van der Waals surface area (Å²) in [6.45, 7) is 3.08. The van der Waals surface area contributed by atoms with Gasteiger partial charge in [-0.25, -0.2) is 0 Å². The topological polar surface area (TPSA) is 41.1 Å². The second-order valence-corrected chi connectivity index (χ2v) is 6.04. The SMILES string of the molecule is CC1CCNC(C(=O)Nc2cc(Cl)ccc2Br)C1. The Hall–Kier alpha value is -0.580. The van der Waals surface area contributed by atoms with Gasteiger partial charge in [0, 0.05) is 9.50 Å². The van der Waals surface area contributed by atoms with Crippen LogP contribution in [0.4, 0.5) is 5.69 Å². The fourth-order valence-electron chi connectivity index (χ4n) is 2.12. The monoisotopic (exact) mass is 330 g/mol. The lowest BCUT2D eigenvalue weighted by Crippen LogP contribution is -2.45. The van der Waals surface area contributed by atoms with Crippen LogP contribution in [0.5, 0.6) is 0 Å². The summed E-state index contributed by atoms with van der Waals surface area (Å²) in [5.74, 6) is 0.592. The van der Waals surface area contributed by atoms with Gasteiger partial charge in [0.05, 0.1) is 11.7 Å². The van der Waals surface area contributed by atoms with E-state index in [4.69, 9.17) is 11.6 Å². The first-order valence-corrected chi connectivity index (χ1v) is 7.22. The third-order valence-electron chi connectivity index (χ3n) is 3.17. The lowest BCUT2D eigenvalue weighted by atomic mass is 9.94. The molecule has 1 aliphatic rings. The molecule has 0 spiro atoms. The summed E-state index contributed by atoms with van der Waals surface area (Å²) < 4.78 is 0.837. The maximum Gasteiger partial charge on any atom is 0.241 e. The van der Waals surface area contributed by atoms with E-state index in [-0.39, 0.29) is 11.9 Å². The molecule has 0 radical (unpaired) electrons. The molecule has 1 amide bonds. The van der Waals surface area contributed by atoms with Crippen molar-refractivity contribution >= 4 is 39.1 Å². The van der Waals surface area contributed by atoms with Crippen molar-refractivity contribution in [1.82, 2.24) is 5.32 Å². The van der Waals surface area contributed by atoms with E-state index in [1.54, 1.807) is 12.1 Å². The first-order valence-electron chi connectivity index (χ1n) is 6.05. The van der Waals surface area contributed by atoms with Gasteiger partial charge in [0.25, 0.3) is 0 Å². The van der Waals surface area contributed by atoms with Crippen LogP contribution in [0.25, 0.3) is 0 Å². The van der Waals surface area contributed by atoms with Crippen molar-refractivity contribution in [2.45, 2.75) is 25.8 Å². The fraction of sp³-hybridized carbons (Fsp3) is 0.462. The van der Waals surface area contributed by atoms with Crippen molar-refractivity contribution in [2.24, 2.45) is 5.92 Å². The summed E-state index contributed by atoms with van der Waals surface area (Å²) in [4.78, 5) is 12.1. The molecular weight excluding hydrogens is 316 g/mol. The summed E-state index contributed by atoms with van der Waals surface area (Å²) in [5, 5.41) is 6.76. The molecule has 0 saturated carbocycles. The van der Waals surface area contributed by atoms with Gasteiger partial charge in [-0.1, -0.05) is 18.5 Å². The summed E-state index contributed by atoms with van der Waals surface area (Å²) in [7, 11) is 0. The first-order chi connectivity index (χ1) is 8.56. The Morgan fingerprint density at radius 3 is 3.06 bits per heavy atom. The van der Waals surface area contributed by atoms with Gasteiger partial charge < -0.3 is 10.6 Å². The Morgan fingerprint density at radius 2 is 2.33 bits per heavy atom. The van der Waals surface area contributed by atoms with Crippen molar-refractivity contribution in [3.8, 4) is 0 Å². The molecule has 2 rings (SSSR count). The summed E-state index contributed by atoms with van der Waals surface area (Å²) in [6, 6.07) is 5.24. The van der Waals surface area contributed by atoms with Crippen LogP contribution in [0.3, 0.4) is 0 Å². The molecule has 5 heteroatoms. The molecule has 98 valence electrons. The summed E-state index contributed by atoms with van der Waals surface area (Å²) >= 11 is 9.32. The maximum atomic E-state index is 12.1. The number of carbonyl (C=O) groups is 1. The number of benzene rings is 1. The largest absolute Gasteiger partial charge is 0.324 e. The molecule has 1 fully saturated rings. The van der Waals surface area contributed by atoms with Crippen LogP contribution in [0, 0.1) is 5.92 Å². The zero-order valence-corrected chi connectivity index (χ0v) is 12.5. The lowest BCUT2D eigenvalue weighted by Gasteiger charge is -2.27. The molecule has 2 atom stereocenters. The standard InChI is InChI=1S/C13H16BrClN2O/c1-8-4-5-16-12(6-8)13(18)17-11-7-9(15)2-3-10(11)14/h2-3,7-8,12,16H,4-6H2,1H3,(H,17,18). The second-order valence-electron chi connectivity index (χ2n) is 4.75. The zero-order valence-electron chi connectivity index (χ0n) is 10.2. The minimum absolute atomic E-state index is 0.00418.